The summed E-state index contributed by atoms with van der Waals surface area (Å²) in [4.78, 5) is 28.2. The van der Waals surface area contributed by atoms with E-state index in [1.165, 1.54) is 37.7 Å². The Balaban J connectivity index is 3.80. The summed E-state index contributed by atoms with van der Waals surface area (Å²) in [6.07, 6.45) is 10.6. The van der Waals surface area contributed by atoms with Crippen LogP contribution < -0.4 is 0 Å². The van der Waals surface area contributed by atoms with Crippen molar-refractivity contribution >= 4 is 15.6 Å². The fraction of sp³-hybridized carbons (Fsp3) is 0.895. The van der Waals surface area contributed by atoms with Crippen LogP contribution in [-0.4, -0.2) is 46.3 Å². The van der Waals surface area contributed by atoms with Crippen LogP contribution in [0.3, 0.4) is 0 Å². The molecule has 3 N–H and O–H groups in total. The van der Waals surface area contributed by atoms with Crippen LogP contribution in [0.1, 0.15) is 72.6 Å². The molecule has 0 radical (unpaired) electrons. The summed E-state index contributed by atoms with van der Waals surface area (Å²) in [5.41, 5.74) is 1.39. The van der Waals surface area contributed by atoms with E-state index in [-0.39, 0.29) is 6.61 Å². The van der Waals surface area contributed by atoms with Crippen LogP contribution >= 0.6 is 15.6 Å². The number of rotatable bonds is 17. The normalized spacial score (nSPS) is 16.4. The number of hydrogen-bond acceptors (Lipinski definition) is 5. The average Bonchev–Trinajstić information content (AvgIpc) is 2.51. The van der Waals surface area contributed by atoms with E-state index in [1.807, 2.05) is 11.9 Å². The lowest BCUT2D eigenvalue weighted by Gasteiger charge is -2.19. The summed E-state index contributed by atoms with van der Waals surface area (Å²) in [7, 11) is -7.93. The third kappa shape index (κ3) is 19.7. The molecular weight excluding hydrogens is 416 g/mol. The lowest BCUT2D eigenvalue weighted by molar-refractivity contribution is 0.160. The standard InChI is InChI=1S/C19H41NO7P2/c1-17(2)9-6-10-18(3)11-7-12-19(4)13-8-14-20(5)15-16-26-29(24,25)27-28(21,22)23/h9,18-19H,6-8,10-16H2,1-5H3,(H,24,25)(H2,21,22,23). The van der Waals surface area contributed by atoms with Crippen molar-refractivity contribution in [2.24, 2.45) is 11.8 Å². The second kappa shape index (κ2) is 14.9. The molecule has 0 saturated carbocycles. The SMILES string of the molecule is CC(C)=CCCC(C)CCCC(C)CCCN(C)CCOP(=O)(O)OP(=O)(O)O. The van der Waals surface area contributed by atoms with Gasteiger partial charge in [-0.25, -0.2) is 9.13 Å². The van der Waals surface area contributed by atoms with Gasteiger partial charge in [-0.15, -0.1) is 0 Å². The van der Waals surface area contributed by atoms with E-state index in [1.54, 1.807) is 0 Å². The predicted octanol–water partition coefficient (Wildman–Crippen LogP) is 5.11. The highest BCUT2D eigenvalue weighted by atomic mass is 31.3. The molecule has 10 heteroatoms. The Hall–Kier alpha value is -0.0400. The highest BCUT2D eigenvalue weighted by molar-refractivity contribution is 7.60. The van der Waals surface area contributed by atoms with Crippen LogP contribution in [-0.2, 0) is 18.0 Å². The second-order valence-electron chi connectivity index (χ2n) is 8.32. The first-order valence-corrected chi connectivity index (χ1v) is 13.4. The predicted molar refractivity (Wildman–Crippen MR) is 116 cm³/mol. The van der Waals surface area contributed by atoms with Crippen molar-refractivity contribution in [1.29, 1.82) is 0 Å². The van der Waals surface area contributed by atoms with Gasteiger partial charge in [0.25, 0.3) is 0 Å². The Morgan fingerprint density at radius 2 is 1.52 bits per heavy atom. The van der Waals surface area contributed by atoms with Gasteiger partial charge >= 0.3 is 15.6 Å². The topological polar surface area (TPSA) is 117 Å². The highest BCUT2D eigenvalue weighted by Crippen LogP contribution is 2.57. The minimum absolute atomic E-state index is 0.148. The molecule has 0 heterocycles. The first-order valence-electron chi connectivity index (χ1n) is 10.4. The Morgan fingerprint density at radius 3 is 2.07 bits per heavy atom. The zero-order valence-corrected chi connectivity index (χ0v) is 20.4. The molecule has 0 aliphatic heterocycles. The van der Waals surface area contributed by atoms with Crippen LogP contribution in [0, 0.1) is 11.8 Å². The molecule has 0 spiro atoms. The molecule has 0 aliphatic carbocycles. The van der Waals surface area contributed by atoms with E-state index in [0.29, 0.717) is 12.5 Å². The summed E-state index contributed by atoms with van der Waals surface area (Å²) in [6.45, 7) is 9.93. The lowest BCUT2D eigenvalue weighted by Crippen LogP contribution is -2.24. The highest BCUT2D eigenvalue weighted by Gasteiger charge is 2.32. The number of nitrogens with zero attached hydrogens (tertiary/aromatic N) is 1. The van der Waals surface area contributed by atoms with Gasteiger partial charge in [-0.1, -0.05) is 44.8 Å². The van der Waals surface area contributed by atoms with Crippen LogP contribution in [0.4, 0.5) is 0 Å². The minimum atomic E-state index is -5.06. The number of phosphoric acid groups is 2. The molecule has 29 heavy (non-hydrogen) atoms. The van der Waals surface area contributed by atoms with Gasteiger partial charge in [0.2, 0.25) is 0 Å². The molecule has 0 saturated heterocycles. The maximum atomic E-state index is 11.3. The monoisotopic (exact) mass is 457 g/mol. The Kier molecular flexibility index (Phi) is 14.9. The van der Waals surface area contributed by atoms with Crippen molar-refractivity contribution < 1.29 is 32.6 Å². The molecule has 0 rings (SSSR count). The second-order valence-corrected chi connectivity index (χ2v) is 11.1. The third-order valence-corrected chi connectivity index (χ3v) is 6.96. The van der Waals surface area contributed by atoms with Crippen molar-refractivity contribution in [3.63, 3.8) is 0 Å². The zero-order chi connectivity index (χ0) is 22.5. The molecule has 0 aromatic carbocycles. The molecule has 0 aliphatic rings. The summed E-state index contributed by atoms with van der Waals surface area (Å²) >= 11 is 0. The van der Waals surface area contributed by atoms with E-state index in [9.17, 15) is 14.0 Å². The fourth-order valence-corrected chi connectivity index (χ4v) is 4.63. The summed E-state index contributed by atoms with van der Waals surface area (Å²) in [6, 6.07) is 0. The maximum Gasteiger partial charge on any atom is 0.481 e. The molecular formula is C19H41NO7P2. The van der Waals surface area contributed by atoms with Crippen molar-refractivity contribution in [3.8, 4) is 0 Å². The van der Waals surface area contributed by atoms with Gasteiger partial charge in [-0.05, 0) is 65.0 Å². The van der Waals surface area contributed by atoms with E-state index in [4.69, 9.17) is 9.79 Å². The quantitative estimate of drug-likeness (QED) is 0.204. The zero-order valence-electron chi connectivity index (χ0n) is 18.6. The summed E-state index contributed by atoms with van der Waals surface area (Å²) < 4.78 is 30.2. The van der Waals surface area contributed by atoms with Crippen molar-refractivity contribution in [1.82, 2.24) is 4.90 Å². The number of likely N-dealkylation sites (N-methyl/N-ethyl adjacent to an activating group) is 1. The van der Waals surface area contributed by atoms with Crippen molar-refractivity contribution in [2.75, 3.05) is 26.7 Å². The van der Waals surface area contributed by atoms with Gasteiger partial charge in [-0.2, -0.15) is 4.31 Å². The van der Waals surface area contributed by atoms with Gasteiger partial charge < -0.3 is 19.6 Å². The largest absolute Gasteiger partial charge is 0.481 e. The van der Waals surface area contributed by atoms with E-state index in [0.717, 1.165) is 25.3 Å². The Morgan fingerprint density at radius 1 is 0.966 bits per heavy atom. The van der Waals surface area contributed by atoms with Crippen LogP contribution in [0.25, 0.3) is 0 Å². The molecule has 3 unspecified atom stereocenters. The van der Waals surface area contributed by atoms with Gasteiger partial charge in [-0.3, -0.25) is 4.52 Å². The van der Waals surface area contributed by atoms with Crippen molar-refractivity contribution in [2.45, 2.75) is 72.6 Å². The number of allylic oxidation sites excluding steroid dienone is 2. The van der Waals surface area contributed by atoms with Crippen LogP contribution in [0.15, 0.2) is 11.6 Å². The smallest absolute Gasteiger partial charge is 0.304 e. The average molecular weight is 457 g/mol. The summed E-state index contributed by atoms with van der Waals surface area (Å²) in [5.74, 6) is 1.43. The Bertz CT molecular complexity index is 561. The molecule has 0 fully saturated rings. The minimum Gasteiger partial charge on any atom is -0.304 e. The molecule has 174 valence electrons. The Labute approximate surface area is 176 Å². The van der Waals surface area contributed by atoms with Gasteiger partial charge in [0.05, 0.1) is 6.61 Å². The lowest BCUT2D eigenvalue weighted by atomic mass is 9.93. The molecule has 0 bridgehead atoms. The molecule has 3 atom stereocenters. The van der Waals surface area contributed by atoms with E-state index >= 15 is 0 Å². The van der Waals surface area contributed by atoms with E-state index in [2.05, 4.69) is 42.6 Å². The first kappa shape index (κ1) is 29.0. The third-order valence-electron chi connectivity index (χ3n) is 4.78. The van der Waals surface area contributed by atoms with Gasteiger partial charge in [0.1, 0.15) is 0 Å². The van der Waals surface area contributed by atoms with Gasteiger partial charge in [0.15, 0.2) is 0 Å². The number of phosphoric ester groups is 1. The maximum absolute atomic E-state index is 11.3. The first-order chi connectivity index (χ1) is 13.3. The van der Waals surface area contributed by atoms with Crippen LogP contribution in [0.2, 0.25) is 0 Å². The fourth-order valence-electron chi connectivity index (χ4n) is 3.05. The molecule has 8 nitrogen and oxygen atoms in total. The summed E-state index contributed by atoms with van der Waals surface area (Å²) in [5, 5.41) is 0. The van der Waals surface area contributed by atoms with Crippen molar-refractivity contribution in [3.05, 3.63) is 11.6 Å². The van der Waals surface area contributed by atoms with Gasteiger partial charge in [0, 0.05) is 6.54 Å². The van der Waals surface area contributed by atoms with E-state index < -0.39 is 15.6 Å². The molecule has 0 aromatic rings. The molecule has 0 aromatic heterocycles. The van der Waals surface area contributed by atoms with Crippen LogP contribution in [0.5, 0.6) is 0 Å². The number of hydrogen-bond donors (Lipinski definition) is 3. The molecule has 0 amide bonds.